The van der Waals surface area contributed by atoms with Crippen molar-refractivity contribution in [3.63, 3.8) is 0 Å². The number of hydrogen-bond acceptors (Lipinski definition) is 4. The number of guanidine groups is 1. The van der Waals surface area contributed by atoms with Crippen molar-refractivity contribution in [2.24, 2.45) is 4.99 Å². The molecule has 2 heterocycles. The first-order valence-corrected chi connectivity index (χ1v) is 10.9. The van der Waals surface area contributed by atoms with Gasteiger partial charge in [0.25, 0.3) is 0 Å². The van der Waals surface area contributed by atoms with E-state index >= 15 is 0 Å². The maximum atomic E-state index is 11.9. The quantitative estimate of drug-likeness (QED) is 0.257. The number of rotatable bonds is 7. The van der Waals surface area contributed by atoms with E-state index < -0.39 is 0 Å². The van der Waals surface area contributed by atoms with Crippen molar-refractivity contribution in [3.05, 3.63) is 77.2 Å². The van der Waals surface area contributed by atoms with Gasteiger partial charge < -0.3 is 20.0 Å². The number of carbonyl (C=O) groups is 1. The number of likely N-dealkylation sites (tertiary alicyclic amines) is 1. The van der Waals surface area contributed by atoms with Gasteiger partial charge in [-0.25, -0.2) is 4.98 Å². The van der Waals surface area contributed by atoms with Crippen LogP contribution in [0.5, 0.6) is 0 Å². The molecule has 0 spiro atoms. The molecule has 33 heavy (non-hydrogen) atoms. The third-order valence-corrected chi connectivity index (χ3v) is 5.51. The minimum Gasteiger partial charge on any atom is -0.444 e. The molecule has 0 bridgehead atoms. The van der Waals surface area contributed by atoms with Crippen molar-refractivity contribution in [1.29, 1.82) is 0 Å². The van der Waals surface area contributed by atoms with Gasteiger partial charge in [0.1, 0.15) is 6.26 Å². The molecule has 0 radical (unpaired) electrons. The first-order valence-electron chi connectivity index (χ1n) is 10.9. The number of nitrogens with zero attached hydrogens (tertiary/aromatic N) is 3. The molecule has 1 saturated heterocycles. The zero-order valence-corrected chi connectivity index (χ0v) is 21.3. The van der Waals surface area contributed by atoms with Gasteiger partial charge in [0.15, 0.2) is 5.96 Å². The monoisotopic (exact) mass is 559 g/mol. The lowest BCUT2D eigenvalue weighted by molar-refractivity contribution is -0.128. The first kappa shape index (κ1) is 24.8. The fourth-order valence-corrected chi connectivity index (χ4v) is 3.73. The Labute approximate surface area is 211 Å². The SMILES string of the molecule is CN=C(NCc1cccc(CN2CCCC2=O)c1)NCc1coc(-c2ccc(C)cc2)n1.I. The van der Waals surface area contributed by atoms with Gasteiger partial charge in [-0.15, -0.1) is 24.0 Å². The maximum Gasteiger partial charge on any atom is 0.226 e. The number of benzene rings is 2. The Morgan fingerprint density at radius 3 is 2.61 bits per heavy atom. The number of amides is 1. The minimum atomic E-state index is 0. The third-order valence-electron chi connectivity index (χ3n) is 5.51. The molecule has 0 unspecified atom stereocenters. The van der Waals surface area contributed by atoms with E-state index in [9.17, 15) is 4.79 Å². The van der Waals surface area contributed by atoms with E-state index in [1.54, 1.807) is 13.3 Å². The number of nitrogens with one attached hydrogen (secondary N) is 2. The van der Waals surface area contributed by atoms with Crippen molar-refractivity contribution >= 4 is 35.8 Å². The molecule has 2 N–H and O–H groups in total. The van der Waals surface area contributed by atoms with Crippen LogP contribution in [-0.2, 0) is 24.4 Å². The number of oxazole rings is 1. The molecule has 4 rings (SSSR count). The molecule has 0 atom stereocenters. The van der Waals surface area contributed by atoms with Crippen LogP contribution in [-0.4, -0.2) is 35.3 Å². The Balaban J connectivity index is 0.00000306. The van der Waals surface area contributed by atoms with Gasteiger partial charge >= 0.3 is 0 Å². The van der Waals surface area contributed by atoms with Crippen molar-refractivity contribution in [2.75, 3.05) is 13.6 Å². The first-order chi connectivity index (χ1) is 15.6. The summed E-state index contributed by atoms with van der Waals surface area (Å²) in [6.07, 6.45) is 3.29. The second-order valence-electron chi connectivity index (χ2n) is 8.03. The Morgan fingerprint density at radius 2 is 1.88 bits per heavy atom. The van der Waals surface area contributed by atoms with Crippen LogP contribution in [0.1, 0.15) is 35.2 Å². The van der Waals surface area contributed by atoms with Gasteiger partial charge in [-0.3, -0.25) is 9.79 Å². The van der Waals surface area contributed by atoms with E-state index in [1.165, 1.54) is 5.56 Å². The van der Waals surface area contributed by atoms with Crippen molar-refractivity contribution < 1.29 is 9.21 Å². The van der Waals surface area contributed by atoms with E-state index in [1.807, 2.05) is 35.2 Å². The molecule has 1 aliphatic rings. The number of halogens is 1. The normalized spacial score (nSPS) is 13.7. The van der Waals surface area contributed by atoms with Crippen molar-refractivity contribution in [1.82, 2.24) is 20.5 Å². The summed E-state index contributed by atoms with van der Waals surface area (Å²) in [4.78, 5) is 22.7. The van der Waals surface area contributed by atoms with Gasteiger partial charge in [0, 0.05) is 38.7 Å². The standard InChI is InChI=1S/C25H29N5O2.HI/c1-18-8-10-21(11-9-18)24-29-22(17-32-24)15-28-25(26-2)27-14-19-5-3-6-20(13-19)16-30-12-4-7-23(30)31;/h3,5-6,8-11,13,17H,4,7,12,14-16H2,1-2H3,(H2,26,27,28);1H. The molecule has 1 fully saturated rings. The number of aliphatic imine (C=N–C) groups is 1. The summed E-state index contributed by atoms with van der Waals surface area (Å²) >= 11 is 0. The highest BCUT2D eigenvalue weighted by Crippen LogP contribution is 2.19. The summed E-state index contributed by atoms with van der Waals surface area (Å²) in [5.74, 6) is 1.54. The van der Waals surface area contributed by atoms with E-state index in [0.717, 1.165) is 35.3 Å². The van der Waals surface area contributed by atoms with Crippen LogP contribution >= 0.6 is 24.0 Å². The van der Waals surface area contributed by atoms with Crippen LogP contribution in [0.15, 0.2) is 64.2 Å². The molecule has 1 amide bonds. The van der Waals surface area contributed by atoms with E-state index in [-0.39, 0.29) is 29.9 Å². The Morgan fingerprint density at radius 1 is 1.12 bits per heavy atom. The van der Waals surface area contributed by atoms with Gasteiger partial charge in [-0.05, 0) is 36.6 Å². The third kappa shape index (κ3) is 6.80. The molecule has 2 aromatic carbocycles. The molecule has 3 aromatic rings. The van der Waals surface area contributed by atoms with E-state index in [2.05, 4.69) is 45.7 Å². The zero-order chi connectivity index (χ0) is 22.3. The minimum absolute atomic E-state index is 0. The van der Waals surface area contributed by atoms with Gasteiger partial charge in [0.2, 0.25) is 11.8 Å². The number of hydrogen-bond donors (Lipinski definition) is 2. The highest BCUT2D eigenvalue weighted by atomic mass is 127. The molecule has 8 heteroatoms. The van der Waals surface area contributed by atoms with Crippen LogP contribution < -0.4 is 10.6 Å². The number of aryl methyl sites for hydroxylation is 1. The average molecular weight is 559 g/mol. The smallest absolute Gasteiger partial charge is 0.226 e. The zero-order valence-electron chi connectivity index (χ0n) is 19.0. The fraction of sp³-hybridized carbons (Fsp3) is 0.320. The van der Waals surface area contributed by atoms with Crippen LogP contribution in [0.4, 0.5) is 0 Å². The molecule has 1 aliphatic heterocycles. The predicted octanol–water partition coefficient (Wildman–Crippen LogP) is 4.26. The molecule has 1 aromatic heterocycles. The number of carbonyl (C=O) groups excluding carboxylic acids is 1. The largest absolute Gasteiger partial charge is 0.444 e. The summed E-state index contributed by atoms with van der Waals surface area (Å²) in [6, 6.07) is 16.4. The summed E-state index contributed by atoms with van der Waals surface area (Å²) in [7, 11) is 1.74. The van der Waals surface area contributed by atoms with Crippen LogP contribution in [0.25, 0.3) is 11.5 Å². The maximum absolute atomic E-state index is 11.9. The molecule has 174 valence electrons. The van der Waals surface area contributed by atoms with Gasteiger partial charge in [-0.2, -0.15) is 0 Å². The molecule has 7 nitrogen and oxygen atoms in total. The Hall–Kier alpha value is -2.88. The van der Waals surface area contributed by atoms with E-state index in [0.29, 0.717) is 37.9 Å². The Bertz CT molecular complexity index is 1090. The van der Waals surface area contributed by atoms with Gasteiger partial charge in [0.05, 0.1) is 12.2 Å². The lowest BCUT2D eigenvalue weighted by Crippen LogP contribution is -2.36. The van der Waals surface area contributed by atoms with Gasteiger partial charge in [-0.1, -0.05) is 42.0 Å². The lowest BCUT2D eigenvalue weighted by atomic mass is 10.1. The summed E-state index contributed by atoms with van der Waals surface area (Å²) in [6.45, 7) is 4.72. The predicted molar refractivity (Wildman–Crippen MR) is 140 cm³/mol. The van der Waals surface area contributed by atoms with E-state index in [4.69, 9.17) is 4.42 Å². The topological polar surface area (TPSA) is 82.8 Å². The molecular weight excluding hydrogens is 529 g/mol. The number of aromatic nitrogens is 1. The molecule has 0 aliphatic carbocycles. The summed E-state index contributed by atoms with van der Waals surface area (Å²) in [5, 5.41) is 6.60. The lowest BCUT2D eigenvalue weighted by Gasteiger charge is -2.16. The summed E-state index contributed by atoms with van der Waals surface area (Å²) < 4.78 is 5.62. The molecular formula is C25H30IN5O2. The van der Waals surface area contributed by atoms with Crippen molar-refractivity contribution in [2.45, 2.75) is 39.4 Å². The Kier molecular flexibility index (Phi) is 8.87. The van der Waals surface area contributed by atoms with Crippen LogP contribution in [0.3, 0.4) is 0 Å². The second kappa shape index (κ2) is 11.8. The second-order valence-corrected chi connectivity index (χ2v) is 8.03. The molecule has 0 saturated carbocycles. The highest BCUT2D eigenvalue weighted by molar-refractivity contribution is 14.0. The van der Waals surface area contributed by atoms with Crippen LogP contribution in [0.2, 0.25) is 0 Å². The average Bonchev–Trinajstić information content (AvgIpc) is 3.44. The summed E-state index contributed by atoms with van der Waals surface area (Å²) in [5.41, 5.74) is 5.25. The van der Waals surface area contributed by atoms with Crippen molar-refractivity contribution in [3.8, 4) is 11.5 Å². The highest BCUT2D eigenvalue weighted by Gasteiger charge is 2.19. The van der Waals surface area contributed by atoms with Crippen LogP contribution in [0, 0.1) is 6.92 Å². The fourth-order valence-electron chi connectivity index (χ4n) is 3.73.